The molecule has 1 heterocycles. The maximum atomic E-state index is 6.03. The molecule has 5 heteroatoms. The van der Waals surface area contributed by atoms with Crippen LogP contribution in [-0.4, -0.2) is 9.97 Å². The van der Waals surface area contributed by atoms with Gasteiger partial charge in [0.2, 0.25) is 5.95 Å². The minimum Gasteiger partial charge on any atom is -0.340 e. The van der Waals surface area contributed by atoms with Crippen molar-refractivity contribution in [2.24, 2.45) is 0 Å². The van der Waals surface area contributed by atoms with Gasteiger partial charge < -0.3 is 10.6 Å². The zero-order valence-corrected chi connectivity index (χ0v) is 14.6. The van der Waals surface area contributed by atoms with E-state index in [1.807, 2.05) is 43.3 Å². The molecule has 0 bridgehead atoms. The Morgan fingerprint density at radius 1 is 0.875 bits per heavy atom. The fourth-order valence-corrected chi connectivity index (χ4v) is 2.67. The van der Waals surface area contributed by atoms with Crippen LogP contribution in [0.5, 0.6) is 0 Å². The van der Waals surface area contributed by atoms with Crippen molar-refractivity contribution in [2.75, 3.05) is 10.6 Å². The molecule has 0 saturated carbocycles. The van der Waals surface area contributed by atoms with Crippen molar-refractivity contribution in [3.8, 4) is 0 Å². The number of aromatic nitrogens is 2. The predicted octanol–water partition coefficient (Wildman–Crippen LogP) is 5.54. The van der Waals surface area contributed by atoms with Crippen LogP contribution in [0.4, 0.5) is 23.1 Å². The van der Waals surface area contributed by atoms with Gasteiger partial charge in [-0.3, -0.25) is 0 Å². The standard InChI is InChI=1S/C19H19ClN4/c1-12-7-8-17(13(2)9-12)23-19-21-14(3)10-18(24-19)22-16-6-4-5-15(20)11-16/h4-11H,1-3H3,(H2,21,22,23,24). The van der Waals surface area contributed by atoms with E-state index in [1.54, 1.807) is 0 Å². The van der Waals surface area contributed by atoms with Gasteiger partial charge in [-0.1, -0.05) is 35.4 Å². The van der Waals surface area contributed by atoms with Crippen LogP contribution in [0.1, 0.15) is 16.8 Å². The highest BCUT2D eigenvalue weighted by molar-refractivity contribution is 6.30. The zero-order valence-electron chi connectivity index (χ0n) is 13.9. The largest absolute Gasteiger partial charge is 0.340 e. The van der Waals surface area contributed by atoms with Crippen LogP contribution >= 0.6 is 11.6 Å². The summed E-state index contributed by atoms with van der Waals surface area (Å²) in [6.07, 6.45) is 0. The molecule has 3 rings (SSSR count). The Hall–Kier alpha value is -2.59. The Morgan fingerprint density at radius 2 is 1.71 bits per heavy atom. The highest BCUT2D eigenvalue weighted by Gasteiger charge is 2.06. The number of hydrogen-bond acceptors (Lipinski definition) is 4. The van der Waals surface area contributed by atoms with E-state index in [0.29, 0.717) is 11.0 Å². The lowest BCUT2D eigenvalue weighted by atomic mass is 10.1. The molecule has 0 radical (unpaired) electrons. The lowest BCUT2D eigenvalue weighted by molar-refractivity contribution is 1.10. The first-order chi connectivity index (χ1) is 11.5. The van der Waals surface area contributed by atoms with Crippen molar-refractivity contribution in [3.63, 3.8) is 0 Å². The second-order valence-corrected chi connectivity index (χ2v) is 6.23. The van der Waals surface area contributed by atoms with Gasteiger partial charge in [-0.15, -0.1) is 0 Å². The Bertz CT molecular complexity index is 877. The van der Waals surface area contributed by atoms with E-state index in [1.165, 1.54) is 5.56 Å². The maximum absolute atomic E-state index is 6.03. The fraction of sp³-hybridized carbons (Fsp3) is 0.158. The molecule has 122 valence electrons. The average Bonchev–Trinajstić information content (AvgIpc) is 2.49. The van der Waals surface area contributed by atoms with Gasteiger partial charge in [0, 0.05) is 28.2 Å². The first-order valence-corrected chi connectivity index (χ1v) is 8.10. The molecule has 24 heavy (non-hydrogen) atoms. The van der Waals surface area contributed by atoms with E-state index in [4.69, 9.17) is 11.6 Å². The highest BCUT2D eigenvalue weighted by atomic mass is 35.5. The van der Waals surface area contributed by atoms with Crippen molar-refractivity contribution < 1.29 is 0 Å². The number of nitrogens with one attached hydrogen (secondary N) is 2. The van der Waals surface area contributed by atoms with Gasteiger partial charge in [-0.05, 0) is 50.6 Å². The summed E-state index contributed by atoms with van der Waals surface area (Å²) in [6.45, 7) is 6.08. The molecule has 1 aromatic heterocycles. The van der Waals surface area contributed by atoms with Crippen molar-refractivity contribution >= 4 is 34.7 Å². The fourth-order valence-electron chi connectivity index (χ4n) is 2.48. The molecule has 0 aliphatic rings. The van der Waals surface area contributed by atoms with Crippen molar-refractivity contribution in [1.82, 2.24) is 9.97 Å². The quantitative estimate of drug-likeness (QED) is 0.655. The minimum absolute atomic E-state index is 0.562. The van der Waals surface area contributed by atoms with Gasteiger partial charge in [-0.2, -0.15) is 4.98 Å². The van der Waals surface area contributed by atoms with Crippen molar-refractivity contribution in [2.45, 2.75) is 20.8 Å². The van der Waals surface area contributed by atoms with Gasteiger partial charge >= 0.3 is 0 Å². The number of halogens is 1. The first-order valence-electron chi connectivity index (χ1n) is 7.72. The maximum Gasteiger partial charge on any atom is 0.229 e. The molecule has 0 fully saturated rings. The molecule has 0 spiro atoms. The highest BCUT2D eigenvalue weighted by Crippen LogP contribution is 2.23. The molecule has 3 aromatic rings. The van der Waals surface area contributed by atoms with Crippen LogP contribution in [0.25, 0.3) is 0 Å². The molecule has 2 aromatic carbocycles. The smallest absolute Gasteiger partial charge is 0.229 e. The summed E-state index contributed by atoms with van der Waals surface area (Å²) in [4.78, 5) is 9.00. The molecule has 0 saturated heterocycles. The Labute approximate surface area is 146 Å². The second-order valence-electron chi connectivity index (χ2n) is 5.80. The monoisotopic (exact) mass is 338 g/mol. The number of hydrogen-bond donors (Lipinski definition) is 2. The van der Waals surface area contributed by atoms with Crippen LogP contribution in [0, 0.1) is 20.8 Å². The van der Waals surface area contributed by atoms with Gasteiger partial charge in [0.25, 0.3) is 0 Å². The summed E-state index contributed by atoms with van der Waals surface area (Å²) >= 11 is 6.03. The number of nitrogens with zero attached hydrogens (tertiary/aromatic N) is 2. The first kappa shape index (κ1) is 16.3. The lowest BCUT2D eigenvalue weighted by Gasteiger charge is -2.12. The van der Waals surface area contributed by atoms with Gasteiger partial charge in [0.05, 0.1) is 0 Å². The van der Waals surface area contributed by atoms with Gasteiger partial charge in [0.15, 0.2) is 0 Å². The van der Waals surface area contributed by atoms with Crippen molar-refractivity contribution in [3.05, 3.63) is 70.4 Å². The van der Waals surface area contributed by atoms with Crippen LogP contribution in [0.3, 0.4) is 0 Å². The molecule has 2 N–H and O–H groups in total. The van der Waals surface area contributed by atoms with Gasteiger partial charge in [-0.25, -0.2) is 4.98 Å². The van der Waals surface area contributed by atoms with E-state index >= 15 is 0 Å². The Balaban J connectivity index is 1.86. The third-order valence-electron chi connectivity index (χ3n) is 3.58. The van der Waals surface area contributed by atoms with Crippen LogP contribution in [0.2, 0.25) is 5.02 Å². The minimum atomic E-state index is 0.562. The molecule has 0 amide bonds. The molecule has 0 aliphatic heterocycles. The van der Waals surface area contributed by atoms with E-state index in [0.717, 1.165) is 28.5 Å². The van der Waals surface area contributed by atoms with Crippen molar-refractivity contribution in [1.29, 1.82) is 0 Å². The second kappa shape index (κ2) is 6.89. The summed E-state index contributed by atoms with van der Waals surface area (Å²) in [6, 6.07) is 15.7. The number of rotatable bonds is 4. The number of benzene rings is 2. The summed E-state index contributed by atoms with van der Waals surface area (Å²) in [5.41, 5.74) is 5.15. The normalized spacial score (nSPS) is 10.5. The SMILES string of the molecule is Cc1ccc(Nc2nc(C)cc(Nc3cccc(Cl)c3)n2)c(C)c1. The number of aryl methyl sites for hydroxylation is 3. The van der Waals surface area contributed by atoms with Gasteiger partial charge in [0.1, 0.15) is 5.82 Å². The summed E-state index contributed by atoms with van der Waals surface area (Å²) < 4.78 is 0. The molecule has 0 unspecified atom stereocenters. The third kappa shape index (κ3) is 4.03. The predicted molar refractivity (Wildman–Crippen MR) is 101 cm³/mol. The Morgan fingerprint density at radius 3 is 2.46 bits per heavy atom. The molecule has 0 aliphatic carbocycles. The molecular formula is C19H19ClN4. The Kier molecular flexibility index (Phi) is 4.67. The van der Waals surface area contributed by atoms with Crippen LogP contribution < -0.4 is 10.6 Å². The van der Waals surface area contributed by atoms with E-state index in [-0.39, 0.29) is 0 Å². The summed E-state index contributed by atoms with van der Waals surface area (Å²) in [5, 5.41) is 7.23. The molecular weight excluding hydrogens is 320 g/mol. The molecule has 4 nitrogen and oxygen atoms in total. The molecule has 0 atom stereocenters. The third-order valence-corrected chi connectivity index (χ3v) is 3.81. The summed E-state index contributed by atoms with van der Waals surface area (Å²) in [7, 11) is 0. The summed E-state index contributed by atoms with van der Waals surface area (Å²) in [5.74, 6) is 1.28. The van der Waals surface area contributed by atoms with E-state index in [9.17, 15) is 0 Å². The van der Waals surface area contributed by atoms with E-state index in [2.05, 4.69) is 46.6 Å². The topological polar surface area (TPSA) is 49.8 Å². The number of anilines is 4. The lowest BCUT2D eigenvalue weighted by Crippen LogP contribution is -2.03. The van der Waals surface area contributed by atoms with E-state index < -0.39 is 0 Å². The van der Waals surface area contributed by atoms with Crippen LogP contribution in [0.15, 0.2) is 48.5 Å². The van der Waals surface area contributed by atoms with Crippen LogP contribution in [-0.2, 0) is 0 Å². The zero-order chi connectivity index (χ0) is 17.1. The average molecular weight is 339 g/mol.